The zero-order valence-corrected chi connectivity index (χ0v) is 12.2. The summed E-state index contributed by atoms with van der Waals surface area (Å²) in [4.78, 5) is 13.4. The Morgan fingerprint density at radius 2 is 1.81 bits per heavy atom. The van der Waals surface area contributed by atoms with Crippen molar-refractivity contribution in [2.24, 2.45) is 5.73 Å². The summed E-state index contributed by atoms with van der Waals surface area (Å²) in [5.74, 6) is 0.0883. The van der Waals surface area contributed by atoms with E-state index in [1.54, 1.807) is 0 Å². The maximum absolute atomic E-state index is 11.3. The molecule has 0 aliphatic carbocycles. The van der Waals surface area contributed by atoms with E-state index in [2.05, 4.69) is 24.1 Å². The predicted molar refractivity (Wildman–Crippen MR) is 73.6 cm³/mol. The van der Waals surface area contributed by atoms with Crippen molar-refractivity contribution >= 4 is 30.7 Å². The monoisotopic (exact) mass is 273 g/mol. The van der Waals surface area contributed by atoms with Gasteiger partial charge in [-0.3, -0.25) is 4.79 Å². The number of amides is 1. The van der Waals surface area contributed by atoms with E-state index in [4.69, 9.17) is 5.73 Å². The van der Waals surface area contributed by atoms with E-state index in [9.17, 15) is 4.79 Å². The van der Waals surface area contributed by atoms with Crippen molar-refractivity contribution < 1.29 is 4.79 Å². The molecule has 0 fully saturated rings. The average molecular weight is 274 g/mol. The van der Waals surface area contributed by atoms with Crippen LogP contribution in [0.3, 0.4) is 0 Å². The van der Waals surface area contributed by atoms with Crippen molar-refractivity contribution in [2.45, 2.75) is 32.2 Å². The highest BCUT2D eigenvalue weighted by Gasteiger charge is 2.20. The van der Waals surface area contributed by atoms with E-state index in [0.29, 0.717) is 19.5 Å². The van der Waals surface area contributed by atoms with Crippen LogP contribution in [0, 0.1) is 0 Å². The first-order valence-electron chi connectivity index (χ1n) is 5.04. The van der Waals surface area contributed by atoms with Gasteiger partial charge in [-0.15, -0.1) is 24.8 Å². The van der Waals surface area contributed by atoms with Gasteiger partial charge in [-0.05, 0) is 40.9 Å². The molecule has 0 aliphatic rings. The third kappa shape index (κ3) is 9.21. The molecule has 0 heterocycles. The molecule has 16 heavy (non-hydrogen) atoms. The molecule has 0 bridgehead atoms. The molecule has 0 aromatic rings. The molecule has 0 aromatic carbocycles. The number of nitrogens with zero attached hydrogens (tertiary/aromatic N) is 1. The molecule has 0 unspecified atom stereocenters. The van der Waals surface area contributed by atoms with Crippen molar-refractivity contribution in [3.63, 3.8) is 0 Å². The predicted octanol–water partition coefficient (Wildman–Crippen LogP) is 1.03. The molecule has 0 radical (unpaired) electrons. The summed E-state index contributed by atoms with van der Waals surface area (Å²) in [7, 11) is 4.01. The van der Waals surface area contributed by atoms with Crippen LogP contribution >= 0.6 is 24.8 Å². The van der Waals surface area contributed by atoms with Gasteiger partial charge in [-0.2, -0.15) is 0 Å². The third-order valence-corrected chi connectivity index (χ3v) is 2.54. The van der Waals surface area contributed by atoms with Gasteiger partial charge in [0.15, 0.2) is 0 Å². The van der Waals surface area contributed by atoms with Gasteiger partial charge in [-0.25, -0.2) is 0 Å². The van der Waals surface area contributed by atoms with E-state index in [-0.39, 0.29) is 36.3 Å². The van der Waals surface area contributed by atoms with Crippen LogP contribution in [0.25, 0.3) is 0 Å². The van der Waals surface area contributed by atoms with Crippen LogP contribution in [-0.4, -0.2) is 43.5 Å². The second-order valence-electron chi connectivity index (χ2n) is 4.38. The van der Waals surface area contributed by atoms with Gasteiger partial charge in [0.05, 0.1) is 0 Å². The molecule has 0 spiro atoms. The largest absolute Gasteiger partial charge is 0.354 e. The quantitative estimate of drug-likeness (QED) is 0.760. The van der Waals surface area contributed by atoms with Gasteiger partial charge in [-0.1, -0.05) is 0 Å². The highest BCUT2D eigenvalue weighted by molar-refractivity contribution is 5.85. The molecule has 0 saturated heterocycles. The van der Waals surface area contributed by atoms with Crippen LogP contribution < -0.4 is 11.1 Å². The number of nitrogens with one attached hydrogen (secondary N) is 1. The maximum Gasteiger partial charge on any atom is 0.220 e. The van der Waals surface area contributed by atoms with E-state index in [0.717, 1.165) is 6.42 Å². The van der Waals surface area contributed by atoms with E-state index < -0.39 is 0 Å². The first-order chi connectivity index (χ1) is 6.40. The Hall–Kier alpha value is -0.0300. The second kappa shape index (κ2) is 10.1. The number of rotatable bonds is 6. The third-order valence-electron chi connectivity index (χ3n) is 2.54. The van der Waals surface area contributed by atoms with Crippen molar-refractivity contribution in [3.8, 4) is 0 Å². The lowest BCUT2D eigenvalue weighted by molar-refractivity contribution is -0.121. The fourth-order valence-corrected chi connectivity index (χ4v) is 0.824. The summed E-state index contributed by atoms with van der Waals surface area (Å²) >= 11 is 0. The molecule has 3 N–H and O–H groups in total. The average Bonchev–Trinajstić information content (AvgIpc) is 2.11. The number of carbonyl (C=O) groups is 1. The number of nitrogens with two attached hydrogens (primary N) is 1. The maximum atomic E-state index is 11.3. The van der Waals surface area contributed by atoms with Crippen molar-refractivity contribution in [3.05, 3.63) is 0 Å². The van der Waals surface area contributed by atoms with Gasteiger partial charge < -0.3 is 16.0 Å². The second-order valence-corrected chi connectivity index (χ2v) is 4.38. The lowest BCUT2D eigenvalue weighted by atomic mass is 10.0. The minimum Gasteiger partial charge on any atom is -0.354 e. The number of hydrogen-bond acceptors (Lipinski definition) is 3. The van der Waals surface area contributed by atoms with Gasteiger partial charge in [0, 0.05) is 18.5 Å². The Kier molecular flexibility index (Phi) is 13.5. The van der Waals surface area contributed by atoms with Crippen LogP contribution in [0.2, 0.25) is 0 Å². The molecule has 0 aliphatic heterocycles. The first-order valence-corrected chi connectivity index (χ1v) is 5.04. The summed E-state index contributed by atoms with van der Waals surface area (Å²) in [6.45, 7) is 5.43. The number of halogens is 2. The van der Waals surface area contributed by atoms with Crippen LogP contribution in [0.4, 0.5) is 0 Å². The summed E-state index contributed by atoms with van der Waals surface area (Å²) in [5, 5.41) is 2.90. The molecule has 100 valence electrons. The normalized spacial score (nSPS) is 10.4. The van der Waals surface area contributed by atoms with Gasteiger partial charge >= 0.3 is 0 Å². The van der Waals surface area contributed by atoms with E-state index in [1.807, 2.05) is 14.1 Å². The summed E-state index contributed by atoms with van der Waals surface area (Å²) in [5.41, 5.74) is 5.32. The molecular formula is C10H25Cl2N3O. The molecule has 6 heteroatoms. The standard InChI is InChI=1S/C10H23N3O.2ClH/c1-10(2,13(3)4)8-12-9(14)6-5-7-11;;/h5-8,11H2,1-4H3,(H,12,14);2*1H. The Bertz CT molecular complexity index is 187. The summed E-state index contributed by atoms with van der Waals surface area (Å²) in [6.07, 6.45) is 1.29. The zero-order chi connectivity index (χ0) is 11.2. The molecule has 4 nitrogen and oxygen atoms in total. The number of hydrogen-bond donors (Lipinski definition) is 2. The molecule has 0 aromatic heterocycles. The van der Waals surface area contributed by atoms with Crippen LogP contribution in [0.15, 0.2) is 0 Å². The van der Waals surface area contributed by atoms with E-state index >= 15 is 0 Å². The lowest BCUT2D eigenvalue weighted by Crippen LogP contribution is -2.48. The smallest absolute Gasteiger partial charge is 0.220 e. The zero-order valence-electron chi connectivity index (χ0n) is 10.6. The molecule has 0 rings (SSSR count). The molecule has 0 saturated carbocycles. The van der Waals surface area contributed by atoms with Crippen LogP contribution in [0.1, 0.15) is 26.7 Å². The Labute approximate surface area is 111 Å². The summed E-state index contributed by atoms with van der Waals surface area (Å²) < 4.78 is 0. The molecule has 1 amide bonds. The van der Waals surface area contributed by atoms with Crippen molar-refractivity contribution in [1.82, 2.24) is 10.2 Å². The van der Waals surface area contributed by atoms with E-state index in [1.165, 1.54) is 0 Å². The van der Waals surface area contributed by atoms with Crippen molar-refractivity contribution in [2.75, 3.05) is 27.2 Å². The number of likely N-dealkylation sites (N-methyl/N-ethyl adjacent to an activating group) is 1. The van der Waals surface area contributed by atoms with Gasteiger partial charge in [0.1, 0.15) is 0 Å². The molecule has 0 atom stereocenters. The van der Waals surface area contributed by atoms with Crippen molar-refractivity contribution in [1.29, 1.82) is 0 Å². The first kappa shape index (κ1) is 21.3. The summed E-state index contributed by atoms with van der Waals surface area (Å²) in [6, 6.07) is 0. The minimum absolute atomic E-state index is 0. The van der Waals surface area contributed by atoms with Gasteiger partial charge in [0.2, 0.25) is 5.91 Å². The SMILES string of the molecule is CN(C)C(C)(C)CNC(=O)CCCN.Cl.Cl. The molecular weight excluding hydrogens is 249 g/mol. The Morgan fingerprint density at radius 3 is 2.19 bits per heavy atom. The Balaban J connectivity index is -0.000000845. The van der Waals surface area contributed by atoms with Crippen LogP contribution in [-0.2, 0) is 4.79 Å². The topological polar surface area (TPSA) is 58.4 Å². The fraction of sp³-hybridized carbons (Fsp3) is 0.900. The van der Waals surface area contributed by atoms with Crippen LogP contribution in [0.5, 0.6) is 0 Å². The van der Waals surface area contributed by atoms with Gasteiger partial charge in [0.25, 0.3) is 0 Å². The Morgan fingerprint density at radius 1 is 1.31 bits per heavy atom. The lowest BCUT2D eigenvalue weighted by Gasteiger charge is -2.32. The highest BCUT2D eigenvalue weighted by atomic mass is 35.5. The fourth-order valence-electron chi connectivity index (χ4n) is 0.824. The minimum atomic E-state index is -0.00161. The number of carbonyl (C=O) groups excluding carboxylic acids is 1. The highest BCUT2D eigenvalue weighted by Crippen LogP contribution is 2.07.